The van der Waals surface area contributed by atoms with Gasteiger partial charge in [-0.1, -0.05) is 24.3 Å². The highest BCUT2D eigenvalue weighted by molar-refractivity contribution is 5.62. The number of anilines is 4. The number of methoxy groups -OCH3 is 1. The standard InChI is InChI=1S/C19H20N4O/c1-14-12-18(21-15-8-7-11-17(13-15)24-3)22-19(20-14)23(2)16-9-5-4-6-10-16/h4-13H,1-3H3,(H,20,21,22). The lowest BCUT2D eigenvalue weighted by molar-refractivity contribution is 0.415. The van der Waals surface area contributed by atoms with Crippen LogP contribution in [0.4, 0.5) is 23.1 Å². The van der Waals surface area contributed by atoms with Crippen LogP contribution in [0.2, 0.25) is 0 Å². The summed E-state index contributed by atoms with van der Waals surface area (Å²) in [5, 5.41) is 3.31. The summed E-state index contributed by atoms with van der Waals surface area (Å²) in [6, 6.07) is 19.7. The SMILES string of the molecule is COc1cccc(Nc2cc(C)nc(N(C)c3ccccc3)n2)c1. The van der Waals surface area contributed by atoms with Gasteiger partial charge >= 0.3 is 0 Å². The molecule has 0 unspecified atom stereocenters. The Morgan fingerprint density at radius 3 is 2.50 bits per heavy atom. The molecule has 0 spiro atoms. The predicted molar refractivity (Wildman–Crippen MR) is 97.6 cm³/mol. The van der Waals surface area contributed by atoms with E-state index in [0.717, 1.165) is 28.6 Å². The summed E-state index contributed by atoms with van der Waals surface area (Å²) < 4.78 is 5.26. The van der Waals surface area contributed by atoms with Crippen molar-refractivity contribution in [2.45, 2.75) is 6.92 Å². The van der Waals surface area contributed by atoms with Crippen molar-refractivity contribution in [3.8, 4) is 5.75 Å². The highest BCUT2D eigenvalue weighted by Crippen LogP contribution is 2.24. The van der Waals surface area contributed by atoms with Gasteiger partial charge < -0.3 is 15.0 Å². The van der Waals surface area contributed by atoms with Gasteiger partial charge in [-0.2, -0.15) is 4.98 Å². The summed E-state index contributed by atoms with van der Waals surface area (Å²) in [4.78, 5) is 11.1. The number of benzene rings is 2. The molecule has 3 aromatic rings. The van der Waals surface area contributed by atoms with Crippen molar-refractivity contribution < 1.29 is 4.74 Å². The molecule has 5 nitrogen and oxygen atoms in total. The fraction of sp³-hybridized carbons (Fsp3) is 0.158. The molecule has 0 amide bonds. The van der Waals surface area contributed by atoms with Gasteiger partial charge in [0.2, 0.25) is 5.95 Å². The molecule has 122 valence electrons. The van der Waals surface area contributed by atoms with Crippen LogP contribution in [-0.4, -0.2) is 24.1 Å². The number of ether oxygens (including phenoxy) is 1. The summed E-state index contributed by atoms with van der Waals surface area (Å²) in [7, 11) is 3.61. The van der Waals surface area contributed by atoms with E-state index < -0.39 is 0 Å². The largest absolute Gasteiger partial charge is 0.497 e. The van der Waals surface area contributed by atoms with Crippen LogP contribution >= 0.6 is 0 Å². The summed E-state index contributed by atoms with van der Waals surface area (Å²) in [6.45, 7) is 1.96. The Bertz CT molecular complexity index is 821. The monoisotopic (exact) mass is 320 g/mol. The first-order valence-electron chi connectivity index (χ1n) is 7.71. The highest BCUT2D eigenvalue weighted by Gasteiger charge is 2.09. The minimum absolute atomic E-state index is 0.645. The fourth-order valence-corrected chi connectivity index (χ4v) is 2.38. The summed E-state index contributed by atoms with van der Waals surface area (Å²) in [5.74, 6) is 2.19. The highest BCUT2D eigenvalue weighted by atomic mass is 16.5. The van der Waals surface area contributed by atoms with Crippen LogP contribution in [0.5, 0.6) is 5.75 Å². The second-order valence-corrected chi connectivity index (χ2v) is 5.45. The first kappa shape index (κ1) is 15.8. The Labute approximate surface area is 142 Å². The van der Waals surface area contributed by atoms with Gasteiger partial charge in [-0.25, -0.2) is 4.98 Å². The molecule has 1 aromatic heterocycles. The molecule has 5 heteroatoms. The minimum Gasteiger partial charge on any atom is -0.497 e. The summed E-state index contributed by atoms with van der Waals surface area (Å²) >= 11 is 0. The van der Waals surface area contributed by atoms with Crippen LogP contribution in [-0.2, 0) is 0 Å². The van der Waals surface area contributed by atoms with E-state index in [9.17, 15) is 0 Å². The third-order valence-electron chi connectivity index (χ3n) is 3.63. The van der Waals surface area contributed by atoms with Gasteiger partial charge in [0.15, 0.2) is 0 Å². The molecular weight excluding hydrogens is 300 g/mol. The van der Waals surface area contributed by atoms with Crippen LogP contribution < -0.4 is 15.0 Å². The number of hydrogen-bond donors (Lipinski definition) is 1. The molecule has 1 heterocycles. The van der Waals surface area contributed by atoms with E-state index >= 15 is 0 Å². The second-order valence-electron chi connectivity index (χ2n) is 5.45. The first-order valence-corrected chi connectivity index (χ1v) is 7.71. The third-order valence-corrected chi connectivity index (χ3v) is 3.63. The van der Waals surface area contributed by atoms with Gasteiger partial charge in [-0.05, 0) is 31.2 Å². The molecule has 24 heavy (non-hydrogen) atoms. The molecule has 2 aromatic carbocycles. The van der Waals surface area contributed by atoms with Gasteiger partial charge in [0.1, 0.15) is 11.6 Å². The fourth-order valence-electron chi connectivity index (χ4n) is 2.38. The number of rotatable bonds is 5. The molecule has 3 rings (SSSR count). The number of aryl methyl sites for hydroxylation is 1. The Balaban J connectivity index is 1.88. The number of nitrogens with zero attached hydrogens (tertiary/aromatic N) is 3. The van der Waals surface area contributed by atoms with Crippen LogP contribution in [0.25, 0.3) is 0 Å². The summed E-state index contributed by atoms with van der Waals surface area (Å²) in [5.41, 5.74) is 2.85. The van der Waals surface area contributed by atoms with Gasteiger partial charge in [0, 0.05) is 36.2 Å². The molecule has 0 saturated heterocycles. The number of aromatic nitrogens is 2. The van der Waals surface area contributed by atoms with Crippen molar-refractivity contribution in [2.75, 3.05) is 24.4 Å². The topological polar surface area (TPSA) is 50.3 Å². The average Bonchev–Trinajstić information content (AvgIpc) is 2.61. The van der Waals surface area contributed by atoms with Crippen LogP contribution in [0.1, 0.15) is 5.69 Å². The van der Waals surface area contributed by atoms with E-state index in [4.69, 9.17) is 4.74 Å². The van der Waals surface area contributed by atoms with Crippen molar-refractivity contribution in [3.63, 3.8) is 0 Å². The maximum atomic E-state index is 5.26. The smallest absolute Gasteiger partial charge is 0.231 e. The molecule has 0 aliphatic heterocycles. The van der Waals surface area contributed by atoms with E-state index in [1.807, 2.05) is 79.5 Å². The van der Waals surface area contributed by atoms with Crippen LogP contribution in [0.3, 0.4) is 0 Å². The van der Waals surface area contributed by atoms with Gasteiger partial charge in [-0.3, -0.25) is 0 Å². The van der Waals surface area contributed by atoms with E-state index in [1.165, 1.54) is 0 Å². The van der Waals surface area contributed by atoms with E-state index in [1.54, 1.807) is 7.11 Å². The van der Waals surface area contributed by atoms with Crippen molar-refractivity contribution in [3.05, 3.63) is 66.4 Å². The number of para-hydroxylation sites is 1. The maximum absolute atomic E-state index is 5.26. The van der Waals surface area contributed by atoms with Crippen LogP contribution in [0.15, 0.2) is 60.7 Å². The summed E-state index contributed by atoms with van der Waals surface area (Å²) in [6.07, 6.45) is 0. The van der Waals surface area contributed by atoms with Gasteiger partial charge in [-0.15, -0.1) is 0 Å². The maximum Gasteiger partial charge on any atom is 0.231 e. The molecule has 0 bridgehead atoms. The van der Waals surface area contributed by atoms with Crippen molar-refractivity contribution >= 4 is 23.1 Å². The van der Waals surface area contributed by atoms with Crippen LogP contribution in [0, 0.1) is 6.92 Å². The lowest BCUT2D eigenvalue weighted by atomic mass is 10.3. The average molecular weight is 320 g/mol. The zero-order valence-electron chi connectivity index (χ0n) is 14.0. The van der Waals surface area contributed by atoms with Gasteiger partial charge in [0.25, 0.3) is 0 Å². The molecule has 0 atom stereocenters. The Kier molecular flexibility index (Phi) is 4.61. The lowest BCUT2D eigenvalue weighted by Crippen LogP contribution is -2.14. The predicted octanol–water partition coefficient (Wildman–Crippen LogP) is 4.31. The third kappa shape index (κ3) is 3.63. The lowest BCUT2D eigenvalue weighted by Gasteiger charge is -2.18. The van der Waals surface area contributed by atoms with Crippen molar-refractivity contribution in [2.24, 2.45) is 0 Å². The molecule has 0 aliphatic rings. The molecule has 0 aliphatic carbocycles. The Morgan fingerprint density at radius 1 is 0.958 bits per heavy atom. The first-order chi connectivity index (χ1) is 11.7. The Hall–Kier alpha value is -3.08. The zero-order chi connectivity index (χ0) is 16.9. The molecule has 0 saturated carbocycles. The zero-order valence-corrected chi connectivity index (χ0v) is 14.0. The Morgan fingerprint density at radius 2 is 1.75 bits per heavy atom. The van der Waals surface area contributed by atoms with E-state index in [-0.39, 0.29) is 0 Å². The molecular formula is C19H20N4O. The van der Waals surface area contributed by atoms with E-state index in [2.05, 4.69) is 15.3 Å². The van der Waals surface area contributed by atoms with Crippen molar-refractivity contribution in [1.29, 1.82) is 0 Å². The molecule has 0 radical (unpaired) electrons. The molecule has 1 N–H and O–H groups in total. The minimum atomic E-state index is 0.645. The normalized spacial score (nSPS) is 10.3. The second kappa shape index (κ2) is 7.00. The van der Waals surface area contributed by atoms with Crippen molar-refractivity contribution in [1.82, 2.24) is 9.97 Å². The number of nitrogens with one attached hydrogen (secondary N) is 1. The number of hydrogen-bond acceptors (Lipinski definition) is 5. The van der Waals surface area contributed by atoms with Gasteiger partial charge in [0.05, 0.1) is 7.11 Å². The quantitative estimate of drug-likeness (QED) is 0.759. The van der Waals surface area contributed by atoms with E-state index in [0.29, 0.717) is 5.95 Å². The molecule has 0 fully saturated rings.